The number of anilines is 1. The molecule has 86 valence electrons. The first kappa shape index (κ1) is 9.87. The van der Waals surface area contributed by atoms with Crippen LogP contribution >= 0.6 is 0 Å². The molecule has 0 aromatic carbocycles. The number of carbonyl (C=O) groups is 1. The van der Waals surface area contributed by atoms with E-state index in [0.717, 1.165) is 25.7 Å². The average Bonchev–Trinajstić information content (AvgIpc) is 2.63. The Morgan fingerprint density at radius 2 is 2.00 bits per heavy atom. The molecule has 2 unspecified atom stereocenters. The molecule has 4 nitrogen and oxygen atoms in total. The van der Waals surface area contributed by atoms with Gasteiger partial charge in [0.05, 0.1) is 11.9 Å². The van der Waals surface area contributed by atoms with Gasteiger partial charge in [0.1, 0.15) is 5.78 Å². The van der Waals surface area contributed by atoms with Gasteiger partial charge in [-0.25, -0.2) is 0 Å². The van der Waals surface area contributed by atoms with Gasteiger partial charge in [-0.15, -0.1) is 0 Å². The zero-order valence-corrected chi connectivity index (χ0v) is 9.59. The average molecular weight is 219 g/mol. The first-order valence-electron chi connectivity index (χ1n) is 6.03. The van der Waals surface area contributed by atoms with Crippen molar-refractivity contribution in [2.24, 2.45) is 7.05 Å². The molecule has 2 aliphatic rings. The molecular weight excluding hydrogens is 202 g/mol. The van der Waals surface area contributed by atoms with Crippen molar-refractivity contribution in [3.8, 4) is 0 Å². The van der Waals surface area contributed by atoms with Crippen molar-refractivity contribution in [2.45, 2.75) is 44.2 Å². The van der Waals surface area contributed by atoms with Crippen LogP contribution in [0.4, 0.5) is 5.69 Å². The van der Waals surface area contributed by atoms with Crippen molar-refractivity contribution < 1.29 is 4.79 Å². The summed E-state index contributed by atoms with van der Waals surface area (Å²) >= 11 is 0. The second-order valence-electron chi connectivity index (χ2n) is 4.96. The van der Waals surface area contributed by atoms with E-state index in [1.165, 1.54) is 12.1 Å². The van der Waals surface area contributed by atoms with Crippen LogP contribution in [0.15, 0.2) is 12.4 Å². The maximum Gasteiger partial charge on any atom is 0.137 e. The molecule has 0 spiro atoms. The van der Waals surface area contributed by atoms with Crippen LogP contribution in [0.2, 0.25) is 0 Å². The van der Waals surface area contributed by atoms with E-state index in [-0.39, 0.29) is 0 Å². The van der Waals surface area contributed by atoms with Crippen molar-refractivity contribution in [2.75, 3.05) is 4.90 Å². The number of fused-ring (bicyclic) bond motifs is 2. The largest absolute Gasteiger partial charge is 0.362 e. The summed E-state index contributed by atoms with van der Waals surface area (Å²) in [6.07, 6.45) is 8.99. The predicted octanol–water partition coefficient (Wildman–Crippen LogP) is 1.51. The Kier molecular flexibility index (Phi) is 2.23. The summed E-state index contributed by atoms with van der Waals surface area (Å²) in [4.78, 5) is 14.0. The van der Waals surface area contributed by atoms with E-state index in [2.05, 4.69) is 16.2 Å². The first-order valence-corrected chi connectivity index (χ1v) is 6.03. The molecule has 2 fully saturated rings. The maximum absolute atomic E-state index is 11.6. The molecule has 16 heavy (non-hydrogen) atoms. The lowest BCUT2D eigenvalue weighted by atomic mass is 9.83. The minimum absolute atomic E-state index is 0.421. The lowest BCUT2D eigenvalue weighted by molar-refractivity contribution is -0.121. The maximum atomic E-state index is 11.6. The quantitative estimate of drug-likeness (QED) is 0.718. The van der Waals surface area contributed by atoms with Gasteiger partial charge in [-0.2, -0.15) is 5.10 Å². The Labute approximate surface area is 95.2 Å². The molecule has 2 bridgehead atoms. The number of Topliss-reactive ketones (excluding diaryl/α,β-unsaturated/α-hetero) is 1. The molecule has 4 heteroatoms. The van der Waals surface area contributed by atoms with Gasteiger partial charge in [0.25, 0.3) is 0 Å². The second kappa shape index (κ2) is 3.61. The molecule has 1 aromatic heterocycles. The highest BCUT2D eigenvalue weighted by molar-refractivity contribution is 5.82. The lowest BCUT2D eigenvalue weighted by Gasteiger charge is -2.46. The SMILES string of the molecule is Cn1cc(N2C3CCCC2CC(=O)C3)cn1. The monoisotopic (exact) mass is 219 g/mol. The Hall–Kier alpha value is -1.32. The van der Waals surface area contributed by atoms with Crippen LogP contribution in [0.3, 0.4) is 0 Å². The molecule has 3 rings (SSSR count). The molecule has 2 saturated heterocycles. The molecular formula is C12H17N3O. The number of nitrogens with zero attached hydrogens (tertiary/aromatic N) is 3. The second-order valence-corrected chi connectivity index (χ2v) is 4.96. The van der Waals surface area contributed by atoms with Gasteiger partial charge >= 0.3 is 0 Å². The van der Waals surface area contributed by atoms with Crippen LogP contribution in [0.5, 0.6) is 0 Å². The fourth-order valence-electron chi connectivity index (χ4n) is 3.14. The highest BCUT2D eigenvalue weighted by atomic mass is 16.1. The van der Waals surface area contributed by atoms with Gasteiger partial charge in [-0.05, 0) is 19.3 Å². The number of hydrogen-bond donors (Lipinski definition) is 0. The molecule has 1 aromatic rings. The highest BCUT2D eigenvalue weighted by Crippen LogP contribution is 2.35. The molecule has 0 saturated carbocycles. The third-order valence-corrected chi connectivity index (χ3v) is 3.78. The normalized spacial score (nSPS) is 29.6. The Balaban J connectivity index is 1.91. The van der Waals surface area contributed by atoms with Crippen molar-refractivity contribution in [3.05, 3.63) is 12.4 Å². The fourth-order valence-corrected chi connectivity index (χ4v) is 3.14. The van der Waals surface area contributed by atoms with Crippen LogP contribution < -0.4 is 4.90 Å². The van der Waals surface area contributed by atoms with Gasteiger partial charge in [0, 0.05) is 38.2 Å². The predicted molar refractivity (Wildman–Crippen MR) is 61.4 cm³/mol. The van der Waals surface area contributed by atoms with E-state index in [1.807, 2.05) is 17.9 Å². The molecule has 2 aliphatic heterocycles. The number of aromatic nitrogens is 2. The molecule has 0 aliphatic carbocycles. The van der Waals surface area contributed by atoms with Crippen molar-refractivity contribution >= 4 is 11.5 Å². The smallest absolute Gasteiger partial charge is 0.137 e. The Bertz CT molecular complexity index is 396. The van der Waals surface area contributed by atoms with Gasteiger partial charge in [-0.1, -0.05) is 0 Å². The number of ketones is 1. The molecule has 0 radical (unpaired) electrons. The van der Waals surface area contributed by atoms with Gasteiger partial charge in [0.2, 0.25) is 0 Å². The summed E-state index contributed by atoms with van der Waals surface area (Å²) in [5.41, 5.74) is 1.18. The van der Waals surface area contributed by atoms with Crippen LogP contribution in [0.1, 0.15) is 32.1 Å². The third-order valence-electron chi connectivity index (χ3n) is 3.78. The summed E-state index contributed by atoms with van der Waals surface area (Å²) in [5.74, 6) is 0.440. The fraction of sp³-hybridized carbons (Fsp3) is 0.667. The standard InChI is InChI=1S/C12H17N3O/c1-14-8-11(7-13-14)15-9-3-2-4-10(15)6-12(16)5-9/h7-10H,2-6H2,1H3. The van der Waals surface area contributed by atoms with E-state index < -0.39 is 0 Å². The number of piperidine rings is 2. The number of carbonyl (C=O) groups excluding carboxylic acids is 1. The Morgan fingerprint density at radius 1 is 1.31 bits per heavy atom. The summed E-state index contributed by atoms with van der Waals surface area (Å²) in [6.45, 7) is 0. The van der Waals surface area contributed by atoms with Crippen LogP contribution in [0, 0.1) is 0 Å². The van der Waals surface area contributed by atoms with Gasteiger partial charge < -0.3 is 4.90 Å². The first-order chi connectivity index (χ1) is 7.74. The lowest BCUT2D eigenvalue weighted by Crippen LogP contribution is -2.52. The van der Waals surface area contributed by atoms with Crippen molar-refractivity contribution in [3.63, 3.8) is 0 Å². The molecule has 3 heterocycles. The summed E-state index contributed by atoms with van der Waals surface area (Å²) in [5, 5.41) is 4.23. The number of hydrogen-bond acceptors (Lipinski definition) is 3. The topological polar surface area (TPSA) is 38.1 Å². The summed E-state index contributed by atoms with van der Waals surface area (Å²) < 4.78 is 1.83. The van der Waals surface area contributed by atoms with E-state index in [1.54, 1.807) is 0 Å². The van der Waals surface area contributed by atoms with E-state index in [4.69, 9.17) is 0 Å². The minimum atomic E-state index is 0.421. The zero-order chi connectivity index (χ0) is 11.1. The van der Waals surface area contributed by atoms with Gasteiger partial charge in [-0.3, -0.25) is 9.48 Å². The number of aryl methyl sites for hydroxylation is 1. The molecule has 2 atom stereocenters. The number of rotatable bonds is 1. The molecule has 0 N–H and O–H groups in total. The van der Waals surface area contributed by atoms with Crippen LogP contribution in [-0.4, -0.2) is 27.6 Å². The van der Waals surface area contributed by atoms with E-state index >= 15 is 0 Å². The van der Waals surface area contributed by atoms with Crippen LogP contribution in [-0.2, 0) is 11.8 Å². The minimum Gasteiger partial charge on any atom is -0.362 e. The van der Waals surface area contributed by atoms with E-state index in [0.29, 0.717) is 17.9 Å². The van der Waals surface area contributed by atoms with E-state index in [9.17, 15) is 4.79 Å². The van der Waals surface area contributed by atoms with Gasteiger partial charge in [0.15, 0.2) is 0 Å². The highest BCUT2D eigenvalue weighted by Gasteiger charge is 2.37. The van der Waals surface area contributed by atoms with Crippen molar-refractivity contribution in [1.29, 1.82) is 0 Å². The Morgan fingerprint density at radius 3 is 2.56 bits per heavy atom. The van der Waals surface area contributed by atoms with Crippen molar-refractivity contribution in [1.82, 2.24) is 9.78 Å². The van der Waals surface area contributed by atoms with Crippen LogP contribution in [0.25, 0.3) is 0 Å². The summed E-state index contributed by atoms with van der Waals surface area (Å²) in [7, 11) is 1.94. The zero-order valence-electron chi connectivity index (χ0n) is 9.59. The third kappa shape index (κ3) is 1.52. The summed E-state index contributed by atoms with van der Waals surface area (Å²) in [6, 6.07) is 0.841. The molecule has 0 amide bonds.